The van der Waals surface area contributed by atoms with Gasteiger partial charge < -0.3 is 14.4 Å². The van der Waals surface area contributed by atoms with Crippen LogP contribution >= 0.6 is 22.7 Å². The highest BCUT2D eigenvalue weighted by Crippen LogP contribution is 2.48. The van der Waals surface area contributed by atoms with Crippen LogP contribution in [0.3, 0.4) is 0 Å². The predicted octanol–water partition coefficient (Wildman–Crippen LogP) is 20.4. The molecule has 0 saturated carbocycles. The zero-order chi connectivity index (χ0) is 48.0. The highest BCUT2D eigenvalue weighted by Gasteiger charge is 2.23. The van der Waals surface area contributed by atoms with Crippen molar-refractivity contribution in [1.29, 1.82) is 0 Å². The van der Waals surface area contributed by atoms with Crippen LogP contribution in [0.1, 0.15) is 0 Å². The van der Waals surface area contributed by atoms with Crippen molar-refractivity contribution in [3.05, 3.63) is 261 Å². The van der Waals surface area contributed by atoms with E-state index in [9.17, 15) is 0 Å². The van der Waals surface area contributed by atoms with Gasteiger partial charge in [-0.3, -0.25) is 0 Å². The number of hydrogen-bond donors (Lipinski definition) is 0. The van der Waals surface area contributed by atoms with Crippen LogP contribution in [0.4, 0.5) is 34.1 Å². The van der Waals surface area contributed by atoms with E-state index in [2.05, 4.69) is 275 Å². The number of benzene rings is 12. The fraction of sp³-hybridized carbons (Fsp3) is 0. The molecule has 0 atom stereocenters. The molecule has 15 rings (SSSR count). The average molecular weight is 966 g/mol. The fourth-order valence-corrected chi connectivity index (χ4v) is 13.5. The first-order valence-corrected chi connectivity index (χ1v) is 26.4. The molecule has 15 aromatic rings. The van der Waals surface area contributed by atoms with Gasteiger partial charge in [0.2, 0.25) is 0 Å². The number of hydrogen-bond acceptors (Lipinski definition) is 4. The molecule has 0 aliphatic rings. The highest BCUT2D eigenvalue weighted by atomic mass is 32.1. The van der Waals surface area contributed by atoms with Gasteiger partial charge in [0.15, 0.2) is 0 Å². The zero-order valence-corrected chi connectivity index (χ0v) is 41.1. The summed E-state index contributed by atoms with van der Waals surface area (Å²) in [6.45, 7) is 0. The minimum atomic E-state index is 1.06. The molecule has 0 unspecified atom stereocenters. The lowest BCUT2D eigenvalue weighted by atomic mass is 9.99. The summed E-state index contributed by atoms with van der Waals surface area (Å²) >= 11 is 3.71. The molecule has 73 heavy (non-hydrogen) atoms. The average Bonchev–Trinajstić information content (AvgIpc) is 4.13. The third kappa shape index (κ3) is 6.92. The second kappa shape index (κ2) is 16.8. The van der Waals surface area contributed by atoms with Crippen molar-refractivity contribution in [1.82, 2.24) is 4.57 Å². The van der Waals surface area contributed by atoms with E-state index in [0.29, 0.717) is 0 Å². The largest absolute Gasteiger partial charge is 0.310 e. The first-order chi connectivity index (χ1) is 36.2. The molecule has 0 spiro atoms. The minimum absolute atomic E-state index is 1.06. The van der Waals surface area contributed by atoms with Gasteiger partial charge in [0.1, 0.15) is 0 Å². The lowest BCUT2D eigenvalue weighted by Gasteiger charge is -2.30. The summed E-state index contributed by atoms with van der Waals surface area (Å²) in [6, 6.07) is 96.4. The van der Waals surface area contributed by atoms with Crippen molar-refractivity contribution in [3.8, 4) is 16.8 Å². The van der Waals surface area contributed by atoms with E-state index in [1.807, 2.05) is 22.7 Å². The fourth-order valence-electron chi connectivity index (χ4n) is 11.3. The Morgan fingerprint density at radius 2 is 0.767 bits per heavy atom. The third-order valence-corrected chi connectivity index (χ3v) is 17.0. The molecule has 0 bridgehead atoms. The van der Waals surface area contributed by atoms with E-state index in [1.54, 1.807) is 0 Å². The highest BCUT2D eigenvalue weighted by molar-refractivity contribution is 7.26. The molecular formula is C68H43N3S2. The van der Waals surface area contributed by atoms with E-state index in [4.69, 9.17) is 0 Å². The Labute approximate surface area is 429 Å². The molecule has 0 N–H and O–H groups in total. The van der Waals surface area contributed by atoms with Crippen molar-refractivity contribution in [3.63, 3.8) is 0 Å². The molecule has 3 aromatic heterocycles. The Bertz CT molecular complexity index is 4490. The normalized spacial score (nSPS) is 11.8. The van der Waals surface area contributed by atoms with Crippen molar-refractivity contribution in [2.75, 3.05) is 9.80 Å². The molecule has 3 nitrogen and oxygen atoms in total. The number of thiophene rings is 2. The molecule has 5 heteroatoms. The van der Waals surface area contributed by atoms with Gasteiger partial charge in [-0.1, -0.05) is 152 Å². The Kier molecular flexibility index (Phi) is 9.62. The molecule has 12 aromatic carbocycles. The number of rotatable bonds is 8. The molecule has 0 saturated heterocycles. The van der Waals surface area contributed by atoms with Gasteiger partial charge in [-0.2, -0.15) is 0 Å². The van der Waals surface area contributed by atoms with E-state index < -0.39 is 0 Å². The number of para-hydroxylation sites is 2. The summed E-state index contributed by atoms with van der Waals surface area (Å²) in [4.78, 5) is 4.88. The molecule has 0 radical (unpaired) electrons. The Balaban J connectivity index is 1.02. The lowest BCUT2D eigenvalue weighted by Crippen LogP contribution is -2.13. The van der Waals surface area contributed by atoms with Crippen LogP contribution < -0.4 is 9.80 Å². The van der Waals surface area contributed by atoms with Gasteiger partial charge in [-0.25, -0.2) is 0 Å². The summed E-state index contributed by atoms with van der Waals surface area (Å²) in [6.07, 6.45) is 0. The Hall–Kier alpha value is -9.00. The standard InChI is InChI=1S/C68H43N3S2/c1-3-18-49(19-4-1)69(50-20-5-2-6-21-50)54-38-48(47-29-33-57-60-34-28-45-16-9-10-22-56(45)68(60)71(63(57)40-47)51-30-27-44-15-7-8-17-46(44)37-51)39-55(41-54)70(52-31-35-66-61(42-52)58-23-11-13-25-64(58)72-66)53-32-36-67-62(43-53)59-24-12-14-26-65(59)73-67/h1-43H. The third-order valence-electron chi connectivity index (χ3n) is 14.7. The van der Waals surface area contributed by atoms with Crippen molar-refractivity contribution in [2.24, 2.45) is 0 Å². The predicted molar refractivity (Wildman–Crippen MR) is 316 cm³/mol. The topological polar surface area (TPSA) is 11.4 Å². The zero-order valence-electron chi connectivity index (χ0n) is 39.5. The summed E-state index contributed by atoms with van der Waals surface area (Å²) in [5.41, 5.74) is 12.2. The summed E-state index contributed by atoms with van der Waals surface area (Å²) < 4.78 is 7.65. The summed E-state index contributed by atoms with van der Waals surface area (Å²) in [5.74, 6) is 0. The maximum atomic E-state index is 2.50. The van der Waals surface area contributed by atoms with Crippen LogP contribution in [-0.4, -0.2) is 4.57 Å². The maximum absolute atomic E-state index is 2.50. The Morgan fingerprint density at radius 1 is 0.260 bits per heavy atom. The summed E-state index contributed by atoms with van der Waals surface area (Å²) in [5, 5.41) is 12.4. The van der Waals surface area contributed by atoms with Gasteiger partial charge in [-0.05, 0) is 136 Å². The quantitative estimate of drug-likeness (QED) is 0.150. The van der Waals surface area contributed by atoms with Crippen LogP contribution in [0.15, 0.2) is 261 Å². The van der Waals surface area contributed by atoms with Crippen molar-refractivity contribution >= 4 is 140 Å². The van der Waals surface area contributed by atoms with Gasteiger partial charge in [0.05, 0.1) is 11.0 Å². The van der Waals surface area contributed by atoms with Gasteiger partial charge in [-0.15, -0.1) is 22.7 Å². The summed E-state index contributed by atoms with van der Waals surface area (Å²) in [7, 11) is 0. The molecule has 3 heterocycles. The number of anilines is 6. The number of aromatic nitrogens is 1. The monoisotopic (exact) mass is 965 g/mol. The van der Waals surface area contributed by atoms with Gasteiger partial charge in [0, 0.05) is 96.3 Å². The molecule has 342 valence electrons. The second-order valence-corrected chi connectivity index (χ2v) is 21.1. The minimum Gasteiger partial charge on any atom is -0.310 e. The molecular weight excluding hydrogens is 923 g/mol. The maximum Gasteiger partial charge on any atom is 0.0619 e. The second-order valence-electron chi connectivity index (χ2n) is 18.9. The first kappa shape index (κ1) is 41.8. The van der Waals surface area contributed by atoms with E-state index in [-0.39, 0.29) is 0 Å². The van der Waals surface area contributed by atoms with Crippen LogP contribution in [0.25, 0.3) is 101 Å². The SMILES string of the molecule is c1ccc(N(c2ccccc2)c2cc(-c3ccc4c5ccc6ccccc6c5n(-c5ccc6ccccc6c5)c4c3)cc(N(c3ccc4sc5ccccc5c4c3)c3ccc4sc5ccccc5c4c3)c2)cc1. The van der Waals surface area contributed by atoms with Crippen LogP contribution in [0.2, 0.25) is 0 Å². The smallest absolute Gasteiger partial charge is 0.0619 e. The lowest BCUT2D eigenvalue weighted by molar-refractivity contribution is 1.19. The molecule has 0 amide bonds. The Morgan fingerprint density at radius 3 is 1.41 bits per heavy atom. The number of nitrogens with zero attached hydrogens (tertiary/aromatic N) is 3. The van der Waals surface area contributed by atoms with Gasteiger partial charge in [0.25, 0.3) is 0 Å². The number of fused-ring (bicyclic) bond motifs is 12. The molecule has 0 aliphatic carbocycles. The van der Waals surface area contributed by atoms with Gasteiger partial charge >= 0.3 is 0 Å². The van der Waals surface area contributed by atoms with E-state index in [0.717, 1.165) is 56.5 Å². The van der Waals surface area contributed by atoms with E-state index in [1.165, 1.54) is 78.2 Å². The van der Waals surface area contributed by atoms with Crippen LogP contribution in [-0.2, 0) is 0 Å². The first-order valence-electron chi connectivity index (χ1n) is 24.8. The molecule has 0 fully saturated rings. The van der Waals surface area contributed by atoms with Crippen LogP contribution in [0, 0.1) is 0 Å². The molecule has 0 aliphatic heterocycles. The van der Waals surface area contributed by atoms with Crippen molar-refractivity contribution < 1.29 is 0 Å². The van der Waals surface area contributed by atoms with E-state index >= 15 is 0 Å². The van der Waals surface area contributed by atoms with Crippen molar-refractivity contribution in [2.45, 2.75) is 0 Å². The van der Waals surface area contributed by atoms with Crippen LogP contribution in [0.5, 0.6) is 0 Å².